The van der Waals surface area contributed by atoms with Gasteiger partial charge in [-0.1, -0.05) is 60.7 Å². The number of nitrogens with zero attached hydrogens (tertiary/aromatic N) is 1. The average Bonchev–Trinajstić information content (AvgIpc) is 2.86. The van der Waals surface area contributed by atoms with E-state index >= 15 is 0 Å². The molecule has 33 heavy (non-hydrogen) atoms. The highest BCUT2D eigenvalue weighted by atomic mass is 16.5. The minimum Gasteiger partial charge on any atom is -0.484 e. The normalized spacial score (nSPS) is 10.7. The third-order valence-corrected chi connectivity index (χ3v) is 5.07. The van der Waals surface area contributed by atoms with Gasteiger partial charge >= 0.3 is 0 Å². The minimum absolute atomic E-state index is 0.150. The summed E-state index contributed by atoms with van der Waals surface area (Å²) in [5.41, 5.74) is 8.29. The van der Waals surface area contributed by atoms with E-state index in [1.807, 2.05) is 91.0 Å². The average molecular weight is 435 g/mol. The molecule has 0 fully saturated rings. The third kappa shape index (κ3) is 4.70. The standard InChI is InChI=1S/C27H21N3O3/c31-26(18-32-20-11-8-12-21(17-20)33-19-9-2-1-3-10-19)29-30-27-22-13-4-6-15-24(22)28-25-16-7-5-14-23(25)27/h1-17H,18H2,(H,28,30)(H,29,31). The van der Waals surface area contributed by atoms with Crippen molar-refractivity contribution in [3.05, 3.63) is 103 Å². The lowest BCUT2D eigenvalue weighted by Gasteiger charge is -2.14. The lowest BCUT2D eigenvalue weighted by Crippen LogP contribution is -2.33. The van der Waals surface area contributed by atoms with Crippen LogP contribution in [-0.2, 0) is 4.79 Å². The highest BCUT2D eigenvalue weighted by molar-refractivity contribution is 6.07. The molecule has 0 bridgehead atoms. The van der Waals surface area contributed by atoms with Gasteiger partial charge in [0, 0.05) is 16.8 Å². The zero-order valence-corrected chi connectivity index (χ0v) is 17.7. The molecule has 5 rings (SSSR count). The largest absolute Gasteiger partial charge is 0.484 e. The van der Waals surface area contributed by atoms with Gasteiger partial charge in [0.1, 0.15) is 17.2 Å². The molecule has 0 radical (unpaired) electrons. The summed E-state index contributed by atoms with van der Waals surface area (Å²) in [4.78, 5) is 17.2. The van der Waals surface area contributed by atoms with Gasteiger partial charge in [0.25, 0.3) is 5.91 Å². The molecule has 0 unspecified atom stereocenters. The Labute approximate surface area is 190 Å². The summed E-state index contributed by atoms with van der Waals surface area (Å²) >= 11 is 0. The van der Waals surface area contributed by atoms with Gasteiger partial charge < -0.3 is 9.47 Å². The van der Waals surface area contributed by atoms with Gasteiger partial charge in [-0.15, -0.1) is 0 Å². The van der Waals surface area contributed by atoms with E-state index in [-0.39, 0.29) is 12.5 Å². The van der Waals surface area contributed by atoms with Crippen LogP contribution in [0.4, 0.5) is 5.69 Å². The molecule has 162 valence electrons. The zero-order chi connectivity index (χ0) is 22.5. The zero-order valence-electron chi connectivity index (χ0n) is 17.7. The third-order valence-electron chi connectivity index (χ3n) is 5.07. The Balaban J connectivity index is 1.25. The van der Waals surface area contributed by atoms with E-state index in [0.717, 1.165) is 33.2 Å². The Kier molecular flexibility index (Phi) is 5.72. The first kappa shape index (κ1) is 20.3. The summed E-state index contributed by atoms with van der Waals surface area (Å²) in [5, 5.41) is 1.84. The van der Waals surface area contributed by atoms with Crippen LogP contribution in [0.5, 0.6) is 17.2 Å². The molecule has 5 aromatic rings. The van der Waals surface area contributed by atoms with Crippen LogP contribution >= 0.6 is 0 Å². The molecular weight excluding hydrogens is 414 g/mol. The molecule has 1 heterocycles. The molecular formula is C27H21N3O3. The maximum absolute atomic E-state index is 12.5. The van der Waals surface area contributed by atoms with Crippen molar-refractivity contribution in [2.75, 3.05) is 12.0 Å². The van der Waals surface area contributed by atoms with Gasteiger partial charge in [0.2, 0.25) is 0 Å². The maximum Gasteiger partial charge on any atom is 0.276 e. The van der Waals surface area contributed by atoms with Crippen molar-refractivity contribution < 1.29 is 14.3 Å². The van der Waals surface area contributed by atoms with E-state index in [4.69, 9.17) is 14.5 Å². The molecule has 0 aliphatic carbocycles. The first-order chi connectivity index (χ1) is 16.3. The van der Waals surface area contributed by atoms with Gasteiger partial charge in [0.05, 0.1) is 16.7 Å². The number of rotatable bonds is 7. The summed E-state index contributed by atoms with van der Waals surface area (Å²) < 4.78 is 11.5. The summed E-state index contributed by atoms with van der Waals surface area (Å²) in [6.07, 6.45) is 0. The summed E-state index contributed by atoms with van der Waals surface area (Å²) in [6.45, 7) is -0.150. The molecule has 6 heteroatoms. The lowest BCUT2D eigenvalue weighted by molar-refractivity contribution is -0.122. The van der Waals surface area contributed by atoms with E-state index < -0.39 is 0 Å². The molecule has 2 N–H and O–H groups in total. The van der Waals surface area contributed by atoms with Crippen molar-refractivity contribution in [2.24, 2.45) is 0 Å². The Morgan fingerprint density at radius 1 is 0.697 bits per heavy atom. The van der Waals surface area contributed by atoms with E-state index in [9.17, 15) is 4.79 Å². The van der Waals surface area contributed by atoms with Crippen LogP contribution in [-0.4, -0.2) is 17.5 Å². The predicted octanol–water partition coefficient (Wildman–Crippen LogP) is 5.70. The van der Waals surface area contributed by atoms with Crippen LogP contribution in [0.3, 0.4) is 0 Å². The highest BCUT2D eigenvalue weighted by Crippen LogP contribution is 2.30. The maximum atomic E-state index is 12.5. The van der Waals surface area contributed by atoms with Crippen molar-refractivity contribution in [2.45, 2.75) is 0 Å². The topological polar surface area (TPSA) is 72.5 Å². The number of para-hydroxylation sites is 3. The second-order valence-electron chi connectivity index (χ2n) is 7.37. The quantitative estimate of drug-likeness (QED) is 0.253. The molecule has 0 saturated heterocycles. The number of carbonyl (C=O) groups is 1. The summed E-state index contributed by atoms with van der Waals surface area (Å²) in [6, 6.07) is 32.3. The van der Waals surface area contributed by atoms with Gasteiger partial charge in [-0.3, -0.25) is 15.6 Å². The number of benzene rings is 4. The SMILES string of the molecule is O=C(COc1cccc(Oc2ccccc2)c1)NNc1c2ccccc2nc2ccccc12. The number of amides is 1. The van der Waals surface area contributed by atoms with Crippen molar-refractivity contribution >= 4 is 33.4 Å². The van der Waals surface area contributed by atoms with Crippen LogP contribution < -0.4 is 20.3 Å². The predicted molar refractivity (Wildman–Crippen MR) is 129 cm³/mol. The molecule has 1 amide bonds. The number of pyridine rings is 1. The molecule has 1 aromatic heterocycles. The number of nitrogens with one attached hydrogen (secondary N) is 2. The molecule has 0 spiro atoms. The number of aromatic nitrogens is 1. The second-order valence-corrected chi connectivity index (χ2v) is 7.37. The molecule has 0 aliphatic heterocycles. The smallest absolute Gasteiger partial charge is 0.276 e. The van der Waals surface area contributed by atoms with E-state index in [1.54, 1.807) is 12.1 Å². The van der Waals surface area contributed by atoms with Crippen LogP contribution in [0.1, 0.15) is 0 Å². The highest BCUT2D eigenvalue weighted by Gasteiger charge is 2.10. The Bertz CT molecular complexity index is 1370. The van der Waals surface area contributed by atoms with Gasteiger partial charge in [-0.25, -0.2) is 4.98 Å². The van der Waals surface area contributed by atoms with Crippen LogP contribution in [0, 0.1) is 0 Å². The molecule has 6 nitrogen and oxygen atoms in total. The van der Waals surface area contributed by atoms with Crippen molar-refractivity contribution in [1.29, 1.82) is 0 Å². The molecule has 0 aliphatic rings. The minimum atomic E-state index is -0.311. The first-order valence-corrected chi connectivity index (χ1v) is 10.5. The van der Waals surface area contributed by atoms with Crippen LogP contribution in [0.25, 0.3) is 21.8 Å². The van der Waals surface area contributed by atoms with E-state index in [0.29, 0.717) is 11.5 Å². The van der Waals surface area contributed by atoms with Crippen LogP contribution in [0.2, 0.25) is 0 Å². The number of anilines is 1. The number of hydrogen-bond acceptors (Lipinski definition) is 5. The molecule has 4 aromatic carbocycles. The molecule has 0 atom stereocenters. The molecule has 0 saturated carbocycles. The number of fused-ring (bicyclic) bond motifs is 2. The fraction of sp³-hybridized carbons (Fsp3) is 0.0370. The number of hydrogen-bond donors (Lipinski definition) is 2. The van der Waals surface area contributed by atoms with Crippen LogP contribution in [0.15, 0.2) is 103 Å². The Morgan fingerprint density at radius 3 is 2.03 bits per heavy atom. The number of hydrazine groups is 1. The Morgan fingerprint density at radius 2 is 1.30 bits per heavy atom. The second kappa shape index (κ2) is 9.28. The first-order valence-electron chi connectivity index (χ1n) is 10.5. The summed E-state index contributed by atoms with van der Waals surface area (Å²) in [7, 11) is 0. The van der Waals surface area contributed by atoms with Gasteiger partial charge in [0.15, 0.2) is 6.61 Å². The van der Waals surface area contributed by atoms with Crippen molar-refractivity contribution in [3.8, 4) is 17.2 Å². The monoisotopic (exact) mass is 435 g/mol. The fourth-order valence-electron chi connectivity index (χ4n) is 3.54. The Hall–Kier alpha value is -4.58. The number of ether oxygens (including phenoxy) is 2. The van der Waals surface area contributed by atoms with E-state index in [2.05, 4.69) is 10.9 Å². The fourth-order valence-corrected chi connectivity index (χ4v) is 3.54. The lowest BCUT2D eigenvalue weighted by atomic mass is 10.1. The van der Waals surface area contributed by atoms with Gasteiger partial charge in [-0.05, 0) is 36.4 Å². The number of carbonyl (C=O) groups excluding carboxylic acids is 1. The summed E-state index contributed by atoms with van der Waals surface area (Å²) in [5.74, 6) is 1.59. The van der Waals surface area contributed by atoms with E-state index in [1.165, 1.54) is 0 Å². The van der Waals surface area contributed by atoms with Gasteiger partial charge in [-0.2, -0.15) is 0 Å². The van der Waals surface area contributed by atoms with Crippen molar-refractivity contribution in [1.82, 2.24) is 10.4 Å². The van der Waals surface area contributed by atoms with Crippen molar-refractivity contribution in [3.63, 3.8) is 0 Å².